The Balaban J connectivity index is 2.63. The van der Waals surface area contributed by atoms with Gasteiger partial charge in [-0.05, 0) is 17.7 Å². The van der Waals surface area contributed by atoms with Gasteiger partial charge in [-0.1, -0.05) is 6.07 Å². The van der Waals surface area contributed by atoms with Gasteiger partial charge in [-0.25, -0.2) is 0 Å². The molecule has 0 fully saturated rings. The third kappa shape index (κ3) is 0.830. The van der Waals surface area contributed by atoms with E-state index in [1.54, 1.807) is 6.07 Å². The van der Waals surface area contributed by atoms with E-state index in [0.29, 0.717) is 11.1 Å². The van der Waals surface area contributed by atoms with Crippen LogP contribution in [0.1, 0.15) is 15.9 Å². The molecule has 1 aromatic carbocycles. The van der Waals surface area contributed by atoms with E-state index in [0.717, 1.165) is 0 Å². The zero-order chi connectivity index (χ0) is 8.72. The van der Waals surface area contributed by atoms with Gasteiger partial charge in [0.05, 0.1) is 0 Å². The number of fused-ring (bicyclic) bond motifs is 1. The molecular formula is C9H6O3. The number of benzene rings is 1. The number of ketones is 2. The van der Waals surface area contributed by atoms with Crippen LogP contribution in [-0.4, -0.2) is 16.7 Å². The van der Waals surface area contributed by atoms with Crippen LogP contribution in [0.2, 0.25) is 0 Å². The van der Waals surface area contributed by atoms with Gasteiger partial charge in [-0.2, -0.15) is 0 Å². The van der Waals surface area contributed by atoms with Crippen LogP contribution in [-0.2, 0) is 11.2 Å². The van der Waals surface area contributed by atoms with E-state index in [-0.39, 0.29) is 12.2 Å². The maximum absolute atomic E-state index is 11.1. The number of aromatic hydroxyl groups is 1. The van der Waals surface area contributed by atoms with Crippen LogP contribution in [0, 0.1) is 0 Å². The van der Waals surface area contributed by atoms with Crippen molar-refractivity contribution in [3.8, 4) is 5.75 Å². The molecule has 0 atom stereocenters. The minimum absolute atomic E-state index is 0.0248. The Kier molecular flexibility index (Phi) is 1.27. The first-order valence-electron chi connectivity index (χ1n) is 3.58. The zero-order valence-electron chi connectivity index (χ0n) is 6.20. The second-order valence-electron chi connectivity index (χ2n) is 2.77. The number of hydrogen-bond acceptors (Lipinski definition) is 3. The smallest absolute Gasteiger partial charge is 0.229 e. The molecule has 0 amide bonds. The number of phenolic OH excluding ortho intramolecular Hbond substituents is 1. The van der Waals surface area contributed by atoms with E-state index < -0.39 is 11.6 Å². The van der Waals surface area contributed by atoms with Gasteiger partial charge in [0.1, 0.15) is 5.75 Å². The summed E-state index contributed by atoms with van der Waals surface area (Å²) in [6.07, 6.45) is 0.175. The van der Waals surface area contributed by atoms with E-state index in [2.05, 4.69) is 0 Å². The van der Waals surface area contributed by atoms with E-state index in [9.17, 15) is 9.59 Å². The lowest BCUT2D eigenvalue weighted by atomic mass is 10.1. The Hall–Kier alpha value is -1.64. The number of carbonyl (C=O) groups excluding carboxylic acids is 2. The molecule has 3 nitrogen and oxygen atoms in total. The first kappa shape index (κ1) is 7.03. The Labute approximate surface area is 68.6 Å². The highest BCUT2D eigenvalue weighted by molar-refractivity contribution is 6.47. The van der Waals surface area contributed by atoms with Crippen molar-refractivity contribution in [2.75, 3.05) is 0 Å². The predicted octanol–water partition coefficient (Wildman–Crippen LogP) is 0.700. The summed E-state index contributed by atoms with van der Waals surface area (Å²) in [6, 6.07) is 4.42. The largest absolute Gasteiger partial charge is 0.508 e. The molecule has 0 bridgehead atoms. The van der Waals surface area contributed by atoms with E-state index in [4.69, 9.17) is 5.11 Å². The highest BCUT2D eigenvalue weighted by atomic mass is 16.3. The fourth-order valence-electron chi connectivity index (χ4n) is 1.33. The highest BCUT2D eigenvalue weighted by Gasteiger charge is 2.27. The van der Waals surface area contributed by atoms with Crippen LogP contribution in [0.3, 0.4) is 0 Å². The second-order valence-corrected chi connectivity index (χ2v) is 2.77. The van der Waals surface area contributed by atoms with Crippen molar-refractivity contribution in [2.45, 2.75) is 6.42 Å². The molecular weight excluding hydrogens is 156 g/mol. The van der Waals surface area contributed by atoms with Crippen molar-refractivity contribution in [1.82, 2.24) is 0 Å². The summed E-state index contributed by atoms with van der Waals surface area (Å²) in [5.41, 5.74) is 1.06. The monoisotopic (exact) mass is 162 g/mol. The molecule has 0 radical (unpaired) electrons. The topological polar surface area (TPSA) is 54.4 Å². The van der Waals surface area contributed by atoms with Gasteiger partial charge >= 0.3 is 0 Å². The first-order valence-corrected chi connectivity index (χ1v) is 3.58. The highest BCUT2D eigenvalue weighted by Crippen LogP contribution is 2.23. The number of Topliss-reactive ketones (excluding diaryl/α,β-unsaturated/α-hetero) is 2. The van der Waals surface area contributed by atoms with Gasteiger partial charge in [0.2, 0.25) is 11.6 Å². The number of rotatable bonds is 0. The van der Waals surface area contributed by atoms with Gasteiger partial charge in [-0.15, -0.1) is 0 Å². The van der Waals surface area contributed by atoms with Gasteiger partial charge in [0.15, 0.2) is 0 Å². The fraction of sp³-hybridized carbons (Fsp3) is 0.111. The average Bonchev–Trinajstić information content (AvgIpc) is 2.31. The van der Waals surface area contributed by atoms with Crippen molar-refractivity contribution < 1.29 is 14.7 Å². The molecule has 0 saturated heterocycles. The lowest BCUT2D eigenvalue weighted by molar-refractivity contribution is -0.114. The number of hydrogen-bond donors (Lipinski definition) is 1. The molecule has 1 N–H and O–H groups in total. The summed E-state index contributed by atoms with van der Waals surface area (Å²) in [5, 5.41) is 9.04. The van der Waals surface area contributed by atoms with Gasteiger partial charge < -0.3 is 5.11 Å². The Morgan fingerprint density at radius 2 is 2.00 bits per heavy atom. The van der Waals surface area contributed by atoms with Crippen LogP contribution in [0.15, 0.2) is 18.2 Å². The van der Waals surface area contributed by atoms with Gasteiger partial charge in [0, 0.05) is 12.0 Å². The number of phenols is 1. The summed E-state index contributed by atoms with van der Waals surface area (Å²) in [6.45, 7) is 0. The summed E-state index contributed by atoms with van der Waals surface area (Å²) >= 11 is 0. The van der Waals surface area contributed by atoms with Crippen LogP contribution >= 0.6 is 0 Å². The van der Waals surface area contributed by atoms with Crippen LogP contribution < -0.4 is 0 Å². The Morgan fingerprint density at radius 3 is 2.75 bits per heavy atom. The third-order valence-electron chi connectivity index (χ3n) is 1.94. The second kappa shape index (κ2) is 2.17. The van der Waals surface area contributed by atoms with Crippen molar-refractivity contribution in [1.29, 1.82) is 0 Å². The Bertz CT molecular complexity index is 379. The standard InChI is InChI=1S/C9H6O3/c10-6-2-1-5-3-8(11)9(12)7(5)4-6/h1-2,4,10H,3H2. The van der Waals surface area contributed by atoms with Crippen LogP contribution in [0.4, 0.5) is 0 Å². The molecule has 60 valence electrons. The summed E-state index contributed by atoms with van der Waals surface area (Å²) in [5.74, 6) is -0.853. The summed E-state index contributed by atoms with van der Waals surface area (Å²) in [4.78, 5) is 22.0. The zero-order valence-corrected chi connectivity index (χ0v) is 6.20. The van der Waals surface area contributed by atoms with Gasteiger partial charge in [-0.3, -0.25) is 9.59 Å². The summed E-state index contributed by atoms with van der Waals surface area (Å²) in [7, 11) is 0. The molecule has 0 heterocycles. The molecule has 12 heavy (non-hydrogen) atoms. The van der Waals surface area contributed by atoms with Gasteiger partial charge in [0.25, 0.3) is 0 Å². The SMILES string of the molecule is O=C1Cc2ccc(O)cc2C1=O. The molecule has 2 rings (SSSR count). The molecule has 0 spiro atoms. The van der Waals surface area contributed by atoms with Crippen molar-refractivity contribution in [3.63, 3.8) is 0 Å². The Morgan fingerprint density at radius 1 is 1.25 bits per heavy atom. The van der Waals surface area contributed by atoms with Crippen molar-refractivity contribution in [3.05, 3.63) is 29.3 Å². The molecule has 0 aliphatic heterocycles. The van der Waals surface area contributed by atoms with Crippen LogP contribution in [0.25, 0.3) is 0 Å². The third-order valence-corrected chi connectivity index (χ3v) is 1.94. The van der Waals surface area contributed by atoms with E-state index >= 15 is 0 Å². The molecule has 1 aromatic rings. The molecule has 0 unspecified atom stereocenters. The molecule has 1 aliphatic rings. The molecule has 3 heteroatoms. The predicted molar refractivity (Wildman–Crippen MR) is 41.1 cm³/mol. The lowest BCUT2D eigenvalue weighted by Gasteiger charge is -1.95. The van der Waals surface area contributed by atoms with Crippen LogP contribution in [0.5, 0.6) is 5.75 Å². The quantitative estimate of drug-likeness (QED) is 0.571. The maximum Gasteiger partial charge on any atom is 0.229 e. The maximum atomic E-state index is 11.1. The first-order chi connectivity index (χ1) is 5.68. The molecule has 1 aliphatic carbocycles. The van der Waals surface area contributed by atoms with Crippen molar-refractivity contribution >= 4 is 11.6 Å². The minimum Gasteiger partial charge on any atom is -0.508 e. The van der Waals surface area contributed by atoms with E-state index in [1.807, 2.05) is 0 Å². The fourth-order valence-corrected chi connectivity index (χ4v) is 1.33. The average molecular weight is 162 g/mol. The number of carbonyl (C=O) groups is 2. The molecule has 0 aromatic heterocycles. The lowest BCUT2D eigenvalue weighted by Crippen LogP contribution is -2.05. The summed E-state index contributed by atoms with van der Waals surface area (Å²) < 4.78 is 0. The van der Waals surface area contributed by atoms with Crippen molar-refractivity contribution in [2.24, 2.45) is 0 Å². The van der Waals surface area contributed by atoms with E-state index in [1.165, 1.54) is 12.1 Å². The minimum atomic E-state index is -0.485. The normalized spacial score (nSPS) is 15.0. The molecule has 0 saturated carbocycles.